The van der Waals surface area contributed by atoms with Crippen molar-refractivity contribution in [3.05, 3.63) is 30.3 Å². The molecule has 0 amide bonds. The van der Waals surface area contributed by atoms with Crippen molar-refractivity contribution in [2.45, 2.75) is 46.1 Å². The van der Waals surface area contributed by atoms with Gasteiger partial charge in [0.15, 0.2) is 0 Å². The fourth-order valence-electron chi connectivity index (χ4n) is 1.52. The van der Waals surface area contributed by atoms with Crippen molar-refractivity contribution >= 4 is 5.97 Å². The highest BCUT2D eigenvalue weighted by Gasteiger charge is 2.10. The fraction of sp³-hybridized carbons (Fsp3) is 0.562. The van der Waals surface area contributed by atoms with E-state index in [1.807, 2.05) is 25.1 Å². The van der Waals surface area contributed by atoms with Crippen LogP contribution >= 0.6 is 0 Å². The summed E-state index contributed by atoms with van der Waals surface area (Å²) in [6, 6.07) is 9.14. The van der Waals surface area contributed by atoms with Crippen LogP contribution in [0.4, 0.5) is 0 Å². The summed E-state index contributed by atoms with van der Waals surface area (Å²) in [5.74, 6) is 0.963. The maximum Gasteiger partial charge on any atom is 0.311 e. The van der Waals surface area contributed by atoms with E-state index in [0.29, 0.717) is 24.5 Å². The Bertz CT molecular complexity index is 362. The number of carbonyl (C=O) groups excluding carboxylic acids is 1. The van der Waals surface area contributed by atoms with Gasteiger partial charge in [-0.25, -0.2) is 0 Å². The van der Waals surface area contributed by atoms with Gasteiger partial charge >= 0.3 is 5.97 Å². The molecule has 0 aliphatic carbocycles. The average Bonchev–Trinajstić information content (AvgIpc) is 2.43. The van der Waals surface area contributed by atoms with Crippen LogP contribution in [0.2, 0.25) is 0 Å². The molecule has 106 valence electrons. The summed E-state index contributed by atoms with van der Waals surface area (Å²) in [5.41, 5.74) is 0. The third kappa shape index (κ3) is 6.97. The lowest BCUT2D eigenvalue weighted by molar-refractivity contribution is -0.135. The second kappa shape index (κ2) is 8.70. The first-order chi connectivity index (χ1) is 9.11. The zero-order chi connectivity index (χ0) is 14.1. The van der Waals surface area contributed by atoms with E-state index < -0.39 is 0 Å². The van der Waals surface area contributed by atoms with Crippen molar-refractivity contribution in [3.63, 3.8) is 0 Å². The number of benzene rings is 1. The Labute approximate surface area is 115 Å². The van der Waals surface area contributed by atoms with E-state index in [2.05, 4.69) is 13.8 Å². The molecule has 0 aliphatic rings. The summed E-state index contributed by atoms with van der Waals surface area (Å²) >= 11 is 0. The van der Waals surface area contributed by atoms with Gasteiger partial charge < -0.3 is 9.47 Å². The molecule has 0 fully saturated rings. The second-order valence-corrected chi connectivity index (χ2v) is 4.98. The molecule has 19 heavy (non-hydrogen) atoms. The summed E-state index contributed by atoms with van der Waals surface area (Å²) < 4.78 is 10.9. The highest BCUT2D eigenvalue weighted by molar-refractivity contribution is 5.72. The molecular formula is C16H24O3. The number of rotatable bonds is 8. The van der Waals surface area contributed by atoms with Crippen molar-refractivity contribution in [1.82, 2.24) is 0 Å². The first-order valence-electron chi connectivity index (χ1n) is 6.99. The summed E-state index contributed by atoms with van der Waals surface area (Å²) in [6.07, 6.45) is 2.29. The monoisotopic (exact) mass is 264 g/mol. The quantitative estimate of drug-likeness (QED) is 0.529. The van der Waals surface area contributed by atoms with Crippen molar-refractivity contribution in [2.75, 3.05) is 6.61 Å². The molecule has 1 rings (SSSR count). The second-order valence-electron chi connectivity index (χ2n) is 4.98. The molecule has 0 bridgehead atoms. The average molecular weight is 264 g/mol. The number of hydrogen-bond donors (Lipinski definition) is 0. The highest BCUT2D eigenvalue weighted by atomic mass is 16.5. The van der Waals surface area contributed by atoms with Gasteiger partial charge in [0, 0.05) is 13.0 Å². The Balaban J connectivity index is 2.19. The Morgan fingerprint density at radius 3 is 2.53 bits per heavy atom. The van der Waals surface area contributed by atoms with Crippen LogP contribution in [0.5, 0.6) is 5.75 Å². The van der Waals surface area contributed by atoms with E-state index >= 15 is 0 Å². The van der Waals surface area contributed by atoms with Gasteiger partial charge in [-0.1, -0.05) is 38.5 Å². The Morgan fingerprint density at radius 1 is 1.21 bits per heavy atom. The maximum atomic E-state index is 11.6. The van der Waals surface area contributed by atoms with E-state index in [-0.39, 0.29) is 12.1 Å². The number of ether oxygens (including phenoxy) is 2. The van der Waals surface area contributed by atoms with E-state index in [9.17, 15) is 4.79 Å². The van der Waals surface area contributed by atoms with E-state index in [4.69, 9.17) is 9.47 Å². The van der Waals surface area contributed by atoms with Gasteiger partial charge in [0.2, 0.25) is 0 Å². The summed E-state index contributed by atoms with van der Waals surface area (Å²) in [7, 11) is 0. The molecule has 3 nitrogen and oxygen atoms in total. The molecule has 0 saturated carbocycles. The fourth-order valence-corrected chi connectivity index (χ4v) is 1.52. The zero-order valence-corrected chi connectivity index (χ0v) is 12.1. The Hall–Kier alpha value is -1.35. The predicted octanol–water partition coefficient (Wildman–Crippen LogP) is 3.82. The highest BCUT2D eigenvalue weighted by Crippen LogP contribution is 2.11. The van der Waals surface area contributed by atoms with Gasteiger partial charge in [-0.3, -0.25) is 4.79 Å². The summed E-state index contributed by atoms with van der Waals surface area (Å²) in [4.78, 5) is 11.6. The van der Waals surface area contributed by atoms with Gasteiger partial charge in [-0.2, -0.15) is 0 Å². The van der Waals surface area contributed by atoms with Crippen molar-refractivity contribution in [2.24, 2.45) is 5.92 Å². The predicted molar refractivity (Wildman–Crippen MR) is 76.2 cm³/mol. The lowest BCUT2D eigenvalue weighted by atomic mass is 10.1. The molecule has 0 aromatic heterocycles. The molecule has 2 atom stereocenters. The number of hydrogen-bond acceptors (Lipinski definition) is 3. The largest absolute Gasteiger partial charge is 0.427 e. The van der Waals surface area contributed by atoms with Gasteiger partial charge in [-0.15, -0.1) is 0 Å². The van der Waals surface area contributed by atoms with Gasteiger partial charge in [-0.05, 0) is 31.4 Å². The summed E-state index contributed by atoms with van der Waals surface area (Å²) in [5, 5.41) is 0. The normalized spacial score (nSPS) is 13.8. The molecule has 0 radical (unpaired) electrons. The first-order valence-corrected chi connectivity index (χ1v) is 6.99. The van der Waals surface area contributed by atoms with E-state index in [1.165, 1.54) is 0 Å². The van der Waals surface area contributed by atoms with Gasteiger partial charge in [0.05, 0.1) is 6.10 Å². The lowest BCUT2D eigenvalue weighted by Gasteiger charge is -2.15. The van der Waals surface area contributed by atoms with Crippen LogP contribution in [-0.4, -0.2) is 18.7 Å². The van der Waals surface area contributed by atoms with Crippen LogP contribution in [0, 0.1) is 5.92 Å². The minimum Gasteiger partial charge on any atom is -0.427 e. The number of para-hydroxylation sites is 1. The van der Waals surface area contributed by atoms with Gasteiger partial charge in [0.1, 0.15) is 5.75 Å². The van der Waals surface area contributed by atoms with Crippen LogP contribution in [0.3, 0.4) is 0 Å². The third-order valence-electron chi connectivity index (χ3n) is 3.09. The topological polar surface area (TPSA) is 35.5 Å². The van der Waals surface area contributed by atoms with Crippen LogP contribution in [0.15, 0.2) is 30.3 Å². The minimum atomic E-state index is -0.204. The molecule has 0 saturated heterocycles. The Morgan fingerprint density at radius 2 is 1.89 bits per heavy atom. The van der Waals surface area contributed by atoms with Crippen molar-refractivity contribution < 1.29 is 14.3 Å². The Kier molecular flexibility index (Phi) is 7.19. The molecule has 0 N–H and O–H groups in total. The maximum absolute atomic E-state index is 11.6. The van der Waals surface area contributed by atoms with E-state index in [0.717, 1.165) is 13.0 Å². The minimum absolute atomic E-state index is 0.0947. The molecule has 0 aliphatic heterocycles. The molecule has 1 aromatic carbocycles. The molecule has 0 spiro atoms. The lowest BCUT2D eigenvalue weighted by Crippen LogP contribution is -2.17. The smallest absolute Gasteiger partial charge is 0.311 e. The van der Waals surface area contributed by atoms with Crippen LogP contribution < -0.4 is 4.74 Å². The standard InChI is InChI=1S/C16H24O3/c1-4-13(2)12-18-14(3)10-11-16(17)19-15-8-6-5-7-9-15/h5-9,13-14H,4,10-12H2,1-3H3. The third-order valence-corrected chi connectivity index (χ3v) is 3.09. The van der Waals surface area contributed by atoms with Crippen molar-refractivity contribution in [3.8, 4) is 5.75 Å². The first kappa shape index (κ1) is 15.7. The van der Waals surface area contributed by atoms with Crippen LogP contribution in [0.25, 0.3) is 0 Å². The van der Waals surface area contributed by atoms with Crippen LogP contribution in [-0.2, 0) is 9.53 Å². The molecular weight excluding hydrogens is 240 g/mol. The van der Waals surface area contributed by atoms with Crippen molar-refractivity contribution in [1.29, 1.82) is 0 Å². The molecule has 2 unspecified atom stereocenters. The SMILES string of the molecule is CCC(C)COC(C)CCC(=O)Oc1ccccc1. The zero-order valence-electron chi connectivity index (χ0n) is 12.1. The molecule has 0 heterocycles. The molecule has 3 heteroatoms. The van der Waals surface area contributed by atoms with Gasteiger partial charge in [0.25, 0.3) is 0 Å². The van der Waals surface area contributed by atoms with E-state index in [1.54, 1.807) is 12.1 Å². The molecule has 1 aromatic rings. The number of carbonyl (C=O) groups is 1. The van der Waals surface area contributed by atoms with Crippen LogP contribution in [0.1, 0.15) is 40.0 Å². The number of esters is 1. The summed E-state index contributed by atoms with van der Waals surface area (Å²) in [6.45, 7) is 7.07.